The third-order valence-electron chi connectivity index (χ3n) is 19.8. The molecular weight excluding hydrogens is 1800 g/mol. The summed E-state index contributed by atoms with van der Waals surface area (Å²) >= 11 is 37.5. The van der Waals surface area contributed by atoms with Gasteiger partial charge in [0.05, 0.1) is 61.1 Å². The zero-order valence-electron chi connectivity index (χ0n) is 65.1. The van der Waals surface area contributed by atoms with Crippen LogP contribution in [0.3, 0.4) is 0 Å². The number of nitrogens with two attached hydrogens (primary N) is 5. The third-order valence-corrected chi connectivity index (χ3v) is 22.6. The summed E-state index contributed by atoms with van der Waals surface area (Å²) in [4.78, 5) is 72.6. The Balaban J connectivity index is 0.000000152. The molecule has 0 radical (unpaired) electrons. The Hall–Kier alpha value is -10.3. The van der Waals surface area contributed by atoms with Gasteiger partial charge in [-0.2, -0.15) is 19.9 Å². The van der Waals surface area contributed by atoms with Gasteiger partial charge in [0, 0.05) is 12.4 Å². The van der Waals surface area contributed by atoms with E-state index in [0.717, 1.165) is 10.8 Å². The number of nitrogens with one attached hydrogen (secondary N) is 4. The van der Waals surface area contributed by atoms with Crippen molar-refractivity contribution in [2.45, 2.75) is 182 Å². The van der Waals surface area contributed by atoms with Gasteiger partial charge in [-0.25, -0.2) is 51.3 Å². The number of fused-ring (bicyclic) bond motifs is 5. The van der Waals surface area contributed by atoms with Crippen molar-refractivity contribution >= 4 is 156 Å². The maximum Gasteiger partial charge on any atom is 0.280 e. The van der Waals surface area contributed by atoms with E-state index in [1.165, 1.54) is 90.3 Å². The maximum absolute atomic E-state index is 14.3. The summed E-state index contributed by atoms with van der Waals surface area (Å²) in [7, 11) is 0. The molecule has 25 atom stereocenters. The number of alkyl halides is 10. The summed E-state index contributed by atoms with van der Waals surface area (Å²) < 4.78 is 112. The molecule has 5 aliphatic rings. The van der Waals surface area contributed by atoms with Crippen molar-refractivity contribution in [3.8, 4) is 59.2 Å². The number of H-pyrrole nitrogens is 4. The normalized spacial score (nSPS) is 30.2. The van der Waals surface area contributed by atoms with Crippen molar-refractivity contribution < 1.29 is 101 Å². The first-order chi connectivity index (χ1) is 59.0. The number of anilines is 5. The molecule has 41 nitrogen and oxygen atoms in total. The van der Waals surface area contributed by atoms with Crippen LogP contribution in [0.5, 0.6) is 0 Å². The Labute approximate surface area is 728 Å². The first-order valence-corrected chi connectivity index (χ1v) is 38.9. The first kappa shape index (κ1) is 95.4. The average molecular weight is 1870 g/mol. The van der Waals surface area contributed by atoms with E-state index >= 15 is 0 Å². The number of aliphatic hydroxyl groups is 10. The van der Waals surface area contributed by atoms with Crippen LogP contribution in [-0.4, -0.2) is 288 Å². The number of imidazole rings is 3. The summed E-state index contributed by atoms with van der Waals surface area (Å²) in [6, 6.07) is 1.48. The zero-order valence-corrected chi connectivity index (χ0v) is 69.7. The van der Waals surface area contributed by atoms with Gasteiger partial charge in [-0.3, -0.25) is 47.6 Å². The van der Waals surface area contributed by atoms with Crippen LogP contribution in [0.4, 0.5) is 56.1 Å². The Kier molecular flexibility index (Phi) is 29.1. The molecule has 5 unspecified atom stereocenters. The first-order valence-electron chi connectivity index (χ1n) is 36.6. The lowest BCUT2D eigenvalue weighted by Crippen LogP contribution is -2.43. The Morgan fingerprint density at radius 2 is 0.792 bits per heavy atom. The van der Waals surface area contributed by atoms with Gasteiger partial charge in [-0.1, -0.05) is 129 Å². The minimum atomic E-state index is -1.93. The lowest BCUT2D eigenvalue weighted by molar-refractivity contribution is -0.0752. The molecule has 0 aromatic carbocycles. The van der Waals surface area contributed by atoms with E-state index in [0.29, 0.717) is 22.3 Å². The van der Waals surface area contributed by atoms with Crippen LogP contribution in [0.2, 0.25) is 0 Å². The number of aromatic amines is 4. The van der Waals surface area contributed by atoms with Gasteiger partial charge >= 0.3 is 0 Å². The van der Waals surface area contributed by atoms with Gasteiger partial charge < -0.3 is 113 Å². The highest BCUT2D eigenvalue weighted by molar-refractivity contribution is 7.71. The fraction of sp³-hybridized carbons (Fsp3) is 0.486. The predicted molar refractivity (Wildman–Crippen MR) is 439 cm³/mol. The van der Waals surface area contributed by atoms with Crippen LogP contribution >= 0.6 is 70.2 Å². The van der Waals surface area contributed by atoms with Crippen LogP contribution in [0.1, 0.15) is 65.8 Å². The molecule has 125 heavy (non-hydrogen) atoms. The summed E-state index contributed by atoms with van der Waals surface area (Å²) in [5.74, 6) is 21.7. The predicted octanol–water partition coefficient (Wildman–Crippen LogP) is -0.118. The largest absolute Gasteiger partial charge is 0.391 e. The summed E-state index contributed by atoms with van der Waals surface area (Å²) in [5.41, 5.74) is 27.5. The minimum absolute atomic E-state index is 0.0184. The second-order valence-corrected chi connectivity index (χ2v) is 31.8. The van der Waals surface area contributed by atoms with E-state index in [2.05, 4.69) is 124 Å². The third kappa shape index (κ3) is 18.1. The highest BCUT2D eigenvalue weighted by atomic mass is 35.5. The molecule has 0 amide bonds. The van der Waals surface area contributed by atoms with Crippen molar-refractivity contribution in [3.63, 3.8) is 0 Å². The van der Waals surface area contributed by atoms with E-state index < -0.39 is 208 Å². The number of hydrogen-bond donors (Lipinski definition) is 19. The monoisotopic (exact) mass is 1870 g/mol. The average Bonchev–Trinajstić information content (AvgIpc) is 1.61. The molecule has 10 aromatic heterocycles. The Morgan fingerprint density at radius 1 is 0.448 bits per heavy atom. The lowest BCUT2D eigenvalue weighted by Gasteiger charge is -2.26. The smallest absolute Gasteiger partial charge is 0.280 e. The zero-order chi connectivity index (χ0) is 91.8. The molecule has 24 N–H and O–H groups in total. The number of nitrogen functional groups attached to an aromatic ring is 5. The van der Waals surface area contributed by atoms with E-state index in [4.69, 9.17) is 123 Å². The molecule has 0 saturated carbocycles. The molecule has 0 spiro atoms. The van der Waals surface area contributed by atoms with Crippen LogP contribution in [0, 0.1) is 69.7 Å². The molecule has 670 valence electrons. The van der Waals surface area contributed by atoms with Crippen molar-refractivity contribution in [1.82, 2.24) is 87.6 Å². The highest BCUT2D eigenvalue weighted by Gasteiger charge is 2.62. The quantitative estimate of drug-likeness (QED) is 0.0367. The van der Waals surface area contributed by atoms with Crippen LogP contribution in [0.25, 0.3) is 55.6 Å². The minimum Gasteiger partial charge on any atom is -0.391 e. The summed E-state index contributed by atoms with van der Waals surface area (Å²) in [6.45, 7) is 2.19. The Bertz CT molecular complexity index is 5910. The van der Waals surface area contributed by atoms with Crippen molar-refractivity contribution in [2.24, 2.45) is 0 Å². The van der Waals surface area contributed by atoms with Crippen molar-refractivity contribution in [1.29, 1.82) is 0 Å². The van der Waals surface area contributed by atoms with Crippen LogP contribution in [0.15, 0.2) is 58.0 Å². The van der Waals surface area contributed by atoms with E-state index in [9.17, 15) is 91.8 Å². The molecule has 15 rings (SSSR count). The maximum atomic E-state index is 14.3. The lowest BCUT2D eigenvalue weighted by atomic mass is 9.96. The SMILES string of the molecule is C[C@H](O)[C@H]1O[C@@H](n2cc(F)c3c(=O)[nH]c(N)nc32)C(Cl)(C#CCF)[C@H]1O.C[C@H](O)[C@H]1O[C@@H](n2ccc3c(=O)[nH]c(N)nc32)C(Cl)(C#CCF)[C@H]1O.C[C@H](O)[C@H]1O[C@@H](n2cnc3c(=O)[nH]c(N)nc32)C(Cl)(C#CCF)[C@H]1O.C[C@H](O)[C@H]1O[C@@H](n2cnc3c(=S)nc(N)[nH]c32)C(Cl)(C#CCF)[C@H]1O.C[C@H](O)[C@H]1O[C@@H](n2cnc3cnc(N)nc32)C(Cl)(C#CCF)[C@H]1O. The van der Waals surface area contributed by atoms with Gasteiger partial charge in [-0.15, -0.1) is 0 Å². The van der Waals surface area contributed by atoms with E-state index in [1.54, 1.807) is 0 Å². The molecule has 0 bridgehead atoms. The van der Waals surface area contributed by atoms with Crippen LogP contribution < -0.4 is 45.3 Å². The molecule has 53 heteroatoms. The van der Waals surface area contributed by atoms with Gasteiger partial charge in [0.2, 0.25) is 23.8 Å². The van der Waals surface area contributed by atoms with Gasteiger partial charge in [-0.05, 0) is 40.7 Å². The molecule has 5 aliphatic heterocycles. The number of halogens is 11. The molecular formula is C72H76Cl5F6N23O18S. The number of rotatable bonds is 10. The fourth-order valence-corrected chi connectivity index (χ4v) is 16.1. The molecule has 15 heterocycles. The highest BCUT2D eigenvalue weighted by Crippen LogP contribution is 2.51. The van der Waals surface area contributed by atoms with E-state index in [1.807, 2.05) is 0 Å². The molecule has 0 aliphatic carbocycles. The van der Waals surface area contributed by atoms with Crippen LogP contribution in [-0.2, 0) is 23.7 Å². The van der Waals surface area contributed by atoms with Crippen molar-refractivity contribution in [3.05, 3.63) is 85.2 Å². The summed E-state index contributed by atoms with van der Waals surface area (Å²) in [5, 5.41) is 101. The standard InChI is InChI=1S/C15H15ClF2N4O4.C15H16ClFN4O4.C14H15ClFN5O4.C14H15ClFN5O3S.C14H15ClFN5O3/c1-6(23)9-10(24)15(16,3-2-4-17)13(26-9)22-5-7(18)8-11(22)20-14(19)21-12(8)25;1-7(22)9-10(23)15(16,4-2-5-17)13(25-9)21-6-3-8-11(21)19-14(18)20-12(8)24;1-6(22)8-9(23)14(15,3-2-4-16)12(25-8)21-5-18-7-10(21)19-13(17)20-11(7)24;1-6(22)8-9(23)14(15,3-2-4-16)12(24-8)21-5-18-7-10(21)19-13(17)20-11(7)25;1-7(22)9-10(23)14(15,3-2-4-16)12(24-9)21-6-19-8-5-18-13(17)20-11(8)21/h5-6,9-10,13,23-24H,4H2,1H3,(H3,19,20,21,25);3,6-7,9-10,13,22-23H,5H2,1H3,(H3,18,19,20,24);5-6,8-9,12,22-23H,4H2,1H3,(H3,17,19,20,24);5-6,8-9,12,22-23H,4H2,1H3,(H3,17,19,20,25);5-7,9-10,12,22-23H,4H2,1H3,(H2,17,18,20)/t6-,9+,10-,13+,15?;7-,9+,10-,13+,15?;2*6-,8+,9-,12+,14?;7-,9+,10-,12+,14?/m00000/s1. The number of nitrogens with zero attached hydrogens (tertiary/aromatic N) is 14. The Morgan fingerprint density at radius 3 is 1.22 bits per heavy atom. The number of aromatic nitrogens is 18. The topological polar surface area (TPSA) is 634 Å². The molecule has 5 fully saturated rings. The van der Waals surface area contributed by atoms with Gasteiger partial charge in [0.1, 0.15) is 116 Å². The van der Waals surface area contributed by atoms with Gasteiger partial charge in [0.25, 0.3) is 16.7 Å². The summed E-state index contributed by atoms with van der Waals surface area (Å²) in [6.07, 6.45) is -15.9. The number of ether oxygens (including phenoxy) is 5. The van der Waals surface area contributed by atoms with E-state index in [-0.39, 0.29) is 62.2 Å². The second kappa shape index (κ2) is 38.1. The fourth-order valence-electron chi connectivity index (χ4n) is 14.1. The van der Waals surface area contributed by atoms with Crippen molar-refractivity contribution in [2.75, 3.05) is 62.0 Å². The number of hydrogen-bond acceptors (Lipinski definition) is 33. The molecule has 5 saturated heterocycles. The second-order valence-electron chi connectivity index (χ2n) is 28.3. The van der Waals surface area contributed by atoms with Gasteiger partial charge in [0.15, 0.2) is 100 Å². The number of aliphatic hydroxyl groups excluding tert-OH is 10. The molecule has 10 aromatic rings.